The minimum atomic E-state index is -0.456. The van der Waals surface area contributed by atoms with Gasteiger partial charge in [-0.25, -0.2) is 0 Å². The number of carbonyl (C=O) groups is 1. The molecule has 1 N–H and O–H groups in total. The molecule has 3 aliphatic heterocycles. The molecule has 1 aromatic heterocycles. The molecule has 0 saturated heterocycles. The summed E-state index contributed by atoms with van der Waals surface area (Å²) in [5.41, 5.74) is 1.58. The molecule has 0 amide bonds. The lowest BCUT2D eigenvalue weighted by Gasteiger charge is -2.25. The fraction of sp³-hybridized carbons (Fsp3) is 0.238. The van der Waals surface area contributed by atoms with Crippen LogP contribution in [-0.4, -0.2) is 31.0 Å². The smallest absolute Gasteiger partial charge is 0.312 e. The number of H-pyrrole nitrogens is 1. The van der Waals surface area contributed by atoms with Crippen molar-refractivity contribution < 1.29 is 28.5 Å². The molecule has 29 heavy (non-hydrogen) atoms. The summed E-state index contributed by atoms with van der Waals surface area (Å²) in [5.74, 6) is 1.86. The molecule has 8 heteroatoms. The van der Waals surface area contributed by atoms with Crippen LogP contribution in [0.25, 0.3) is 10.9 Å². The third-order valence-corrected chi connectivity index (χ3v) is 5.39. The van der Waals surface area contributed by atoms with E-state index in [-0.39, 0.29) is 18.8 Å². The zero-order chi connectivity index (χ0) is 19.5. The summed E-state index contributed by atoms with van der Waals surface area (Å²) in [7, 11) is 0. The van der Waals surface area contributed by atoms with Gasteiger partial charge < -0.3 is 28.7 Å². The molecule has 2 aromatic carbocycles. The van der Waals surface area contributed by atoms with Gasteiger partial charge in [-0.15, -0.1) is 0 Å². The van der Waals surface area contributed by atoms with Gasteiger partial charge in [0.1, 0.15) is 19.0 Å². The Morgan fingerprint density at radius 3 is 2.31 bits per heavy atom. The van der Waals surface area contributed by atoms with Gasteiger partial charge in [-0.05, 0) is 18.2 Å². The summed E-state index contributed by atoms with van der Waals surface area (Å²) in [4.78, 5) is 28.1. The van der Waals surface area contributed by atoms with Gasteiger partial charge in [-0.1, -0.05) is 0 Å². The molecule has 146 valence electrons. The fourth-order valence-electron chi connectivity index (χ4n) is 4.04. The van der Waals surface area contributed by atoms with Crippen molar-refractivity contribution >= 4 is 16.9 Å². The molecule has 1 unspecified atom stereocenters. The van der Waals surface area contributed by atoms with Crippen molar-refractivity contribution in [2.75, 3.05) is 20.0 Å². The first kappa shape index (κ1) is 16.3. The first-order valence-electron chi connectivity index (χ1n) is 9.26. The van der Waals surface area contributed by atoms with Crippen LogP contribution in [0.1, 0.15) is 23.5 Å². The summed E-state index contributed by atoms with van der Waals surface area (Å²) in [5, 5.41) is 0.796. The molecule has 0 aliphatic carbocycles. The van der Waals surface area contributed by atoms with Crippen molar-refractivity contribution in [1.29, 1.82) is 0 Å². The number of nitrogens with one attached hydrogen (secondary N) is 1. The van der Waals surface area contributed by atoms with Gasteiger partial charge in [0.05, 0.1) is 11.9 Å². The Balaban J connectivity index is 1.52. The van der Waals surface area contributed by atoms with Crippen molar-refractivity contribution in [3.63, 3.8) is 0 Å². The number of ether oxygens (including phenoxy) is 5. The number of rotatable bonds is 1. The van der Waals surface area contributed by atoms with E-state index in [2.05, 4.69) is 4.98 Å². The van der Waals surface area contributed by atoms with E-state index in [1.807, 2.05) is 6.07 Å². The number of fused-ring (bicyclic) bond motifs is 4. The highest BCUT2D eigenvalue weighted by Gasteiger charge is 2.33. The van der Waals surface area contributed by atoms with Crippen LogP contribution in [0.4, 0.5) is 0 Å². The number of hydrogen-bond donors (Lipinski definition) is 1. The number of aromatic nitrogens is 1. The molecule has 3 aliphatic rings. The minimum absolute atomic E-state index is 0.0613. The van der Waals surface area contributed by atoms with Crippen LogP contribution >= 0.6 is 0 Å². The van der Waals surface area contributed by atoms with Gasteiger partial charge in [-0.3, -0.25) is 9.59 Å². The lowest BCUT2D eigenvalue weighted by atomic mass is 9.86. The molecule has 0 radical (unpaired) electrons. The third kappa shape index (κ3) is 2.52. The van der Waals surface area contributed by atoms with E-state index in [0.717, 1.165) is 10.9 Å². The largest absolute Gasteiger partial charge is 0.486 e. The lowest BCUT2D eigenvalue weighted by Crippen LogP contribution is -2.25. The molecule has 6 rings (SSSR count). The van der Waals surface area contributed by atoms with Crippen LogP contribution in [0.2, 0.25) is 0 Å². The Labute approximate surface area is 163 Å². The summed E-state index contributed by atoms with van der Waals surface area (Å²) < 4.78 is 27.5. The molecule has 3 aromatic rings. The van der Waals surface area contributed by atoms with E-state index in [9.17, 15) is 9.59 Å². The van der Waals surface area contributed by atoms with E-state index in [0.29, 0.717) is 53.0 Å². The second kappa shape index (κ2) is 5.91. The van der Waals surface area contributed by atoms with E-state index in [1.165, 1.54) is 0 Å². The normalized spacial score (nSPS) is 19.0. The summed E-state index contributed by atoms with van der Waals surface area (Å²) in [6.45, 7) is 1.06. The predicted molar refractivity (Wildman–Crippen MR) is 100 cm³/mol. The summed E-state index contributed by atoms with van der Waals surface area (Å²) in [6.07, 6.45) is 0.0613. The second-order valence-electron chi connectivity index (χ2n) is 7.11. The maximum Gasteiger partial charge on any atom is 0.312 e. The molecular weight excluding hydrogens is 378 g/mol. The van der Waals surface area contributed by atoms with Crippen molar-refractivity contribution in [1.82, 2.24) is 4.98 Å². The van der Waals surface area contributed by atoms with Crippen LogP contribution < -0.4 is 29.2 Å². The van der Waals surface area contributed by atoms with Gasteiger partial charge in [0.15, 0.2) is 23.0 Å². The maximum absolute atomic E-state index is 12.9. The third-order valence-electron chi connectivity index (χ3n) is 5.39. The molecule has 1 atom stereocenters. The SMILES string of the molecule is O=C1CC(c2cc3cc4c(cc3[nH]c2=O)OCCO4)c2cc3c(cc2O1)OCO3. The van der Waals surface area contributed by atoms with E-state index < -0.39 is 11.9 Å². The fourth-order valence-corrected chi connectivity index (χ4v) is 4.04. The van der Waals surface area contributed by atoms with Gasteiger partial charge in [0, 0.05) is 34.6 Å². The Kier molecular flexibility index (Phi) is 3.32. The zero-order valence-corrected chi connectivity index (χ0v) is 15.2. The second-order valence-corrected chi connectivity index (χ2v) is 7.11. The Morgan fingerprint density at radius 2 is 1.48 bits per heavy atom. The Morgan fingerprint density at radius 1 is 0.759 bits per heavy atom. The minimum Gasteiger partial charge on any atom is -0.486 e. The van der Waals surface area contributed by atoms with Gasteiger partial charge >= 0.3 is 5.97 Å². The first-order chi connectivity index (χ1) is 14.2. The van der Waals surface area contributed by atoms with E-state index in [1.54, 1.807) is 24.3 Å². The predicted octanol–water partition coefficient (Wildman–Crippen LogP) is 2.47. The Bertz CT molecular complexity index is 1250. The number of carbonyl (C=O) groups excluding carboxylic acids is 1. The maximum atomic E-state index is 12.9. The lowest BCUT2D eigenvalue weighted by molar-refractivity contribution is -0.135. The van der Waals surface area contributed by atoms with Crippen molar-refractivity contribution in [2.24, 2.45) is 0 Å². The highest BCUT2D eigenvalue weighted by molar-refractivity contribution is 5.84. The standard InChI is InChI=1S/C21H15NO7/c23-20-6-11(12-5-17-19(28-9-27-17)8-15(12)29-20)13-3-10-4-16-18(26-2-1-25-16)7-14(10)22-21(13)24/h3-5,7-8,11H,1-2,6,9H2,(H,22,24). The number of esters is 1. The molecule has 0 saturated carbocycles. The summed E-state index contributed by atoms with van der Waals surface area (Å²) in [6, 6.07) is 8.81. The number of pyridine rings is 1. The molecule has 4 heterocycles. The van der Waals surface area contributed by atoms with E-state index >= 15 is 0 Å². The van der Waals surface area contributed by atoms with Crippen LogP contribution in [0.15, 0.2) is 35.1 Å². The molecule has 0 fully saturated rings. The van der Waals surface area contributed by atoms with Crippen LogP contribution in [0.3, 0.4) is 0 Å². The highest BCUT2D eigenvalue weighted by Crippen LogP contribution is 2.46. The average molecular weight is 393 g/mol. The number of hydrogen-bond acceptors (Lipinski definition) is 7. The highest BCUT2D eigenvalue weighted by atomic mass is 16.7. The monoisotopic (exact) mass is 393 g/mol. The first-order valence-corrected chi connectivity index (χ1v) is 9.26. The number of benzene rings is 2. The van der Waals surface area contributed by atoms with Crippen LogP contribution in [0, 0.1) is 0 Å². The van der Waals surface area contributed by atoms with Crippen molar-refractivity contribution in [3.8, 4) is 28.7 Å². The van der Waals surface area contributed by atoms with Crippen LogP contribution in [-0.2, 0) is 4.79 Å². The molecule has 8 nitrogen and oxygen atoms in total. The van der Waals surface area contributed by atoms with Crippen molar-refractivity contribution in [2.45, 2.75) is 12.3 Å². The quantitative estimate of drug-likeness (QED) is 0.501. The van der Waals surface area contributed by atoms with E-state index in [4.69, 9.17) is 23.7 Å². The van der Waals surface area contributed by atoms with Gasteiger partial charge in [-0.2, -0.15) is 0 Å². The molecular formula is C21H15NO7. The topological polar surface area (TPSA) is 96.1 Å². The zero-order valence-electron chi connectivity index (χ0n) is 15.2. The average Bonchev–Trinajstić information content (AvgIpc) is 3.17. The Hall–Kier alpha value is -3.68. The van der Waals surface area contributed by atoms with Crippen LogP contribution in [0.5, 0.6) is 28.7 Å². The van der Waals surface area contributed by atoms with Crippen molar-refractivity contribution in [3.05, 3.63) is 51.8 Å². The molecule has 0 bridgehead atoms. The summed E-state index contributed by atoms with van der Waals surface area (Å²) >= 11 is 0. The van der Waals surface area contributed by atoms with Gasteiger partial charge in [0.2, 0.25) is 6.79 Å². The number of aromatic amines is 1. The van der Waals surface area contributed by atoms with Gasteiger partial charge in [0.25, 0.3) is 5.56 Å². The molecule has 0 spiro atoms.